The fraction of sp³-hybridized carbons (Fsp3) is 0.0500. The van der Waals surface area contributed by atoms with E-state index in [-0.39, 0.29) is 5.91 Å². The van der Waals surface area contributed by atoms with Gasteiger partial charge in [0.05, 0.1) is 16.6 Å². The Labute approximate surface area is 165 Å². The molecule has 0 spiro atoms. The van der Waals surface area contributed by atoms with E-state index in [1.807, 2.05) is 54.6 Å². The Morgan fingerprint density at radius 1 is 1.04 bits per heavy atom. The van der Waals surface area contributed by atoms with Gasteiger partial charge in [0.15, 0.2) is 0 Å². The first-order valence-electron chi connectivity index (χ1n) is 8.30. The topological polar surface area (TPSA) is 59.8 Å². The Bertz CT molecular complexity index is 1060. The van der Waals surface area contributed by atoms with Gasteiger partial charge >= 0.3 is 0 Å². The minimum absolute atomic E-state index is 0.204. The summed E-state index contributed by atoms with van der Waals surface area (Å²) in [5.41, 5.74) is 1.90. The average Bonchev–Trinajstić information content (AvgIpc) is 3.33. The molecule has 0 amide bonds. The molecule has 134 valence electrons. The summed E-state index contributed by atoms with van der Waals surface area (Å²) >= 11 is 7.50. The van der Waals surface area contributed by atoms with Crippen LogP contribution in [0, 0.1) is 0 Å². The lowest BCUT2D eigenvalue weighted by molar-refractivity contribution is 0.0948. The predicted octanol–water partition coefficient (Wildman–Crippen LogP) is 4.96. The standard InChI is InChI=1S/C20H15ClN4OS/c21-18-10-9-15(27-18)13-23-19-12-17(16-8-4-5-11-22-16)24-25(19)20(26)14-6-2-1-3-7-14/h1-12,23H,13H2. The molecule has 0 radical (unpaired) electrons. The minimum atomic E-state index is -0.204. The number of carbonyl (C=O) groups is 1. The highest BCUT2D eigenvalue weighted by Crippen LogP contribution is 2.25. The lowest BCUT2D eigenvalue weighted by atomic mass is 10.2. The Morgan fingerprint density at radius 3 is 2.56 bits per heavy atom. The van der Waals surface area contributed by atoms with Crippen LogP contribution in [0.25, 0.3) is 11.4 Å². The predicted molar refractivity (Wildman–Crippen MR) is 108 cm³/mol. The third kappa shape index (κ3) is 3.92. The van der Waals surface area contributed by atoms with Crippen LogP contribution in [0.3, 0.4) is 0 Å². The lowest BCUT2D eigenvalue weighted by Gasteiger charge is -2.07. The summed E-state index contributed by atoms with van der Waals surface area (Å²) in [4.78, 5) is 18.3. The number of carbonyl (C=O) groups excluding carboxylic acids is 1. The van der Waals surface area contributed by atoms with Crippen LogP contribution in [-0.2, 0) is 6.54 Å². The van der Waals surface area contributed by atoms with E-state index in [4.69, 9.17) is 11.6 Å². The summed E-state index contributed by atoms with van der Waals surface area (Å²) in [7, 11) is 0. The molecule has 27 heavy (non-hydrogen) atoms. The molecule has 1 aromatic carbocycles. The molecule has 0 fully saturated rings. The Kier molecular flexibility index (Phi) is 5.00. The number of hydrogen-bond acceptors (Lipinski definition) is 5. The second-order valence-electron chi connectivity index (χ2n) is 5.77. The highest BCUT2D eigenvalue weighted by molar-refractivity contribution is 7.16. The number of benzene rings is 1. The van der Waals surface area contributed by atoms with Crippen LogP contribution in [0.15, 0.2) is 72.9 Å². The minimum Gasteiger partial charge on any atom is -0.365 e. The normalized spacial score (nSPS) is 10.7. The van der Waals surface area contributed by atoms with Crippen molar-refractivity contribution in [3.05, 3.63) is 87.7 Å². The van der Waals surface area contributed by atoms with Crippen molar-refractivity contribution in [2.24, 2.45) is 0 Å². The largest absolute Gasteiger partial charge is 0.365 e. The highest BCUT2D eigenvalue weighted by Gasteiger charge is 2.17. The first-order chi connectivity index (χ1) is 13.2. The van der Waals surface area contributed by atoms with Crippen LogP contribution in [0.2, 0.25) is 4.34 Å². The summed E-state index contributed by atoms with van der Waals surface area (Å²) in [6.07, 6.45) is 1.70. The number of pyridine rings is 1. The van der Waals surface area contributed by atoms with E-state index >= 15 is 0 Å². The van der Waals surface area contributed by atoms with Gasteiger partial charge in [-0.2, -0.15) is 9.78 Å². The number of nitrogens with zero attached hydrogens (tertiary/aromatic N) is 3. The smallest absolute Gasteiger partial charge is 0.280 e. The first-order valence-corrected chi connectivity index (χ1v) is 9.49. The van der Waals surface area contributed by atoms with Gasteiger partial charge in [-0.05, 0) is 36.4 Å². The molecule has 4 rings (SSSR count). The van der Waals surface area contributed by atoms with E-state index in [9.17, 15) is 4.79 Å². The fourth-order valence-electron chi connectivity index (χ4n) is 2.63. The molecule has 0 bridgehead atoms. The van der Waals surface area contributed by atoms with Crippen molar-refractivity contribution >= 4 is 34.7 Å². The van der Waals surface area contributed by atoms with Gasteiger partial charge in [-0.25, -0.2) is 0 Å². The summed E-state index contributed by atoms with van der Waals surface area (Å²) in [6.45, 7) is 0.548. The second kappa shape index (κ2) is 7.73. The van der Waals surface area contributed by atoms with Crippen molar-refractivity contribution in [2.45, 2.75) is 6.54 Å². The maximum atomic E-state index is 12.9. The third-order valence-electron chi connectivity index (χ3n) is 3.92. The molecule has 0 unspecified atom stereocenters. The number of anilines is 1. The molecule has 0 saturated carbocycles. The molecule has 0 aliphatic heterocycles. The zero-order valence-electron chi connectivity index (χ0n) is 14.2. The lowest BCUT2D eigenvalue weighted by Crippen LogP contribution is -2.17. The maximum absolute atomic E-state index is 12.9. The van der Waals surface area contributed by atoms with Crippen LogP contribution < -0.4 is 5.32 Å². The quantitative estimate of drug-likeness (QED) is 0.519. The van der Waals surface area contributed by atoms with E-state index in [0.717, 1.165) is 9.21 Å². The van der Waals surface area contributed by atoms with E-state index in [1.165, 1.54) is 16.0 Å². The fourth-order valence-corrected chi connectivity index (χ4v) is 3.66. The van der Waals surface area contributed by atoms with Crippen LogP contribution in [0.4, 0.5) is 5.82 Å². The zero-order valence-corrected chi connectivity index (χ0v) is 15.7. The summed E-state index contributed by atoms with van der Waals surface area (Å²) in [5.74, 6) is 0.401. The van der Waals surface area contributed by atoms with Gasteiger partial charge in [-0.1, -0.05) is 35.9 Å². The number of thiophene rings is 1. The van der Waals surface area contributed by atoms with E-state index in [0.29, 0.717) is 29.3 Å². The molecular formula is C20H15ClN4OS. The van der Waals surface area contributed by atoms with Gasteiger partial charge in [-0.3, -0.25) is 9.78 Å². The SMILES string of the molecule is O=C(c1ccccc1)n1nc(-c2ccccn2)cc1NCc1ccc(Cl)s1. The van der Waals surface area contributed by atoms with Crippen molar-refractivity contribution in [1.29, 1.82) is 0 Å². The van der Waals surface area contributed by atoms with Crippen LogP contribution in [0.5, 0.6) is 0 Å². The van der Waals surface area contributed by atoms with Gasteiger partial charge in [0.2, 0.25) is 0 Å². The van der Waals surface area contributed by atoms with E-state index < -0.39 is 0 Å². The molecule has 0 saturated heterocycles. The number of rotatable bonds is 5. The van der Waals surface area contributed by atoms with Crippen molar-refractivity contribution in [2.75, 3.05) is 5.32 Å². The molecule has 0 aliphatic rings. The molecule has 5 nitrogen and oxygen atoms in total. The third-order valence-corrected chi connectivity index (χ3v) is 5.15. The van der Waals surface area contributed by atoms with Crippen molar-refractivity contribution < 1.29 is 4.79 Å². The maximum Gasteiger partial charge on any atom is 0.280 e. The first kappa shape index (κ1) is 17.5. The van der Waals surface area contributed by atoms with Gasteiger partial charge < -0.3 is 5.32 Å². The molecule has 0 aliphatic carbocycles. The summed E-state index contributed by atoms with van der Waals surface area (Å²) in [6, 6.07) is 20.3. The van der Waals surface area contributed by atoms with Crippen LogP contribution in [-0.4, -0.2) is 20.7 Å². The average molecular weight is 395 g/mol. The van der Waals surface area contributed by atoms with Gasteiger partial charge in [-0.15, -0.1) is 11.3 Å². The van der Waals surface area contributed by atoms with Crippen LogP contribution in [0.1, 0.15) is 15.2 Å². The van der Waals surface area contributed by atoms with Crippen LogP contribution >= 0.6 is 22.9 Å². The second-order valence-corrected chi connectivity index (χ2v) is 7.57. The van der Waals surface area contributed by atoms with E-state index in [2.05, 4.69) is 15.4 Å². The summed E-state index contributed by atoms with van der Waals surface area (Å²) in [5, 5.41) is 7.78. The van der Waals surface area contributed by atoms with Gasteiger partial charge in [0, 0.05) is 22.7 Å². The number of nitrogens with one attached hydrogen (secondary N) is 1. The van der Waals surface area contributed by atoms with Crippen molar-refractivity contribution in [3.8, 4) is 11.4 Å². The molecule has 4 aromatic rings. The zero-order chi connectivity index (χ0) is 18.6. The molecule has 3 aromatic heterocycles. The molecule has 1 N–H and O–H groups in total. The molecule has 7 heteroatoms. The monoisotopic (exact) mass is 394 g/mol. The Balaban J connectivity index is 1.68. The molecule has 0 atom stereocenters. The highest BCUT2D eigenvalue weighted by atomic mass is 35.5. The number of hydrogen-bond donors (Lipinski definition) is 1. The van der Waals surface area contributed by atoms with Gasteiger partial charge in [0.25, 0.3) is 5.91 Å². The van der Waals surface area contributed by atoms with Crippen molar-refractivity contribution in [1.82, 2.24) is 14.8 Å². The number of aromatic nitrogens is 3. The van der Waals surface area contributed by atoms with Gasteiger partial charge in [0.1, 0.15) is 11.5 Å². The number of halogens is 1. The molecule has 3 heterocycles. The Morgan fingerprint density at radius 2 is 1.85 bits per heavy atom. The summed E-state index contributed by atoms with van der Waals surface area (Å²) < 4.78 is 2.11. The van der Waals surface area contributed by atoms with Crippen molar-refractivity contribution in [3.63, 3.8) is 0 Å². The Hall–Kier alpha value is -2.96. The molecular weight excluding hydrogens is 380 g/mol. The van der Waals surface area contributed by atoms with E-state index in [1.54, 1.807) is 18.3 Å².